The van der Waals surface area contributed by atoms with Crippen molar-refractivity contribution in [3.05, 3.63) is 35.1 Å². The van der Waals surface area contributed by atoms with Crippen molar-refractivity contribution >= 4 is 5.91 Å². The van der Waals surface area contributed by atoms with Gasteiger partial charge in [0, 0.05) is 19.4 Å². The lowest BCUT2D eigenvalue weighted by Gasteiger charge is -2.24. The number of benzene rings is 1. The molecular formula is C19H28FNO3. The van der Waals surface area contributed by atoms with Gasteiger partial charge in [0.2, 0.25) is 5.91 Å². The van der Waals surface area contributed by atoms with Crippen LogP contribution in [0.2, 0.25) is 0 Å². The molecule has 1 aliphatic heterocycles. The minimum absolute atomic E-state index is 0.00252. The van der Waals surface area contributed by atoms with E-state index in [1.807, 2.05) is 13.0 Å². The molecule has 1 fully saturated rings. The highest BCUT2D eigenvalue weighted by Crippen LogP contribution is 2.29. The van der Waals surface area contributed by atoms with Gasteiger partial charge in [-0.3, -0.25) is 4.79 Å². The number of hydrogen-bond acceptors (Lipinski definition) is 3. The predicted octanol–water partition coefficient (Wildman–Crippen LogP) is 3.53. The van der Waals surface area contributed by atoms with Crippen molar-refractivity contribution in [3.8, 4) is 0 Å². The third-order valence-electron chi connectivity index (χ3n) is 4.62. The van der Waals surface area contributed by atoms with Gasteiger partial charge in [0.15, 0.2) is 5.79 Å². The van der Waals surface area contributed by atoms with E-state index >= 15 is 0 Å². The summed E-state index contributed by atoms with van der Waals surface area (Å²) < 4.78 is 24.5. The summed E-state index contributed by atoms with van der Waals surface area (Å²) in [5.74, 6) is -0.440. The van der Waals surface area contributed by atoms with Crippen molar-refractivity contribution in [2.75, 3.05) is 19.8 Å². The number of nitrogens with one attached hydrogen (secondary N) is 1. The summed E-state index contributed by atoms with van der Waals surface area (Å²) in [7, 11) is 0. The molecular weight excluding hydrogens is 309 g/mol. The van der Waals surface area contributed by atoms with Gasteiger partial charge >= 0.3 is 0 Å². The molecule has 1 aromatic rings. The molecule has 1 N–H and O–H groups in total. The molecule has 5 heteroatoms. The van der Waals surface area contributed by atoms with E-state index in [2.05, 4.69) is 19.2 Å². The molecule has 0 saturated carbocycles. The number of aryl methyl sites for hydroxylation is 1. The van der Waals surface area contributed by atoms with Gasteiger partial charge in [0.25, 0.3) is 0 Å². The van der Waals surface area contributed by atoms with Crippen molar-refractivity contribution in [2.45, 2.75) is 52.2 Å². The summed E-state index contributed by atoms with van der Waals surface area (Å²) >= 11 is 0. The number of carbonyl (C=O) groups excluding carboxylic acids is 1. The largest absolute Gasteiger partial charge is 0.356 e. The van der Waals surface area contributed by atoms with Crippen molar-refractivity contribution in [1.29, 1.82) is 0 Å². The molecule has 0 aliphatic carbocycles. The number of carbonyl (C=O) groups is 1. The molecule has 1 aliphatic rings. The van der Waals surface area contributed by atoms with E-state index in [-0.39, 0.29) is 17.6 Å². The zero-order valence-electron chi connectivity index (χ0n) is 15.0. The molecule has 2 rings (SSSR count). The van der Waals surface area contributed by atoms with Crippen LogP contribution in [0.15, 0.2) is 18.2 Å². The summed E-state index contributed by atoms with van der Waals surface area (Å²) in [5, 5.41) is 2.94. The molecule has 0 radical (unpaired) electrons. The zero-order chi connectivity index (χ0) is 17.7. The van der Waals surface area contributed by atoms with E-state index in [1.165, 1.54) is 6.07 Å². The molecule has 1 amide bonds. The second-order valence-electron chi connectivity index (χ2n) is 6.99. The first-order chi connectivity index (χ1) is 11.3. The number of ether oxygens (including phenoxy) is 2. The first-order valence-corrected chi connectivity index (χ1v) is 8.61. The maximum Gasteiger partial charge on any atom is 0.220 e. The van der Waals surface area contributed by atoms with Crippen molar-refractivity contribution in [1.82, 2.24) is 5.32 Å². The summed E-state index contributed by atoms with van der Waals surface area (Å²) in [6, 6.07) is 5.10. The van der Waals surface area contributed by atoms with Gasteiger partial charge < -0.3 is 14.8 Å². The van der Waals surface area contributed by atoms with E-state index < -0.39 is 5.79 Å². The Labute approximate surface area is 143 Å². The number of rotatable bonds is 7. The van der Waals surface area contributed by atoms with Crippen LogP contribution in [0.1, 0.15) is 50.7 Å². The van der Waals surface area contributed by atoms with Crippen molar-refractivity contribution < 1.29 is 18.7 Å². The van der Waals surface area contributed by atoms with E-state index in [4.69, 9.17) is 9.47 Å². The summed E-state index contributed by atoms with van der Waals surface area (Å²) in [6.07, 6.45) is 1.02. The summed E-state index contributed by atoms with van der Waals surface area (Å²) in [6.45, 7) is 9.52. The Balaban J connectivity index is 1.90. The van der Waals surface area contributed by atoms with Crippen LogP contribution < -0.4 is 5.32 Å². The number of halogens is 1. The van der Waals surface area contributed by atoms with Crippen LogP contribution in [0, 0.1) is 18.7 Å². The van der Waals surface area contributed by atoms with E-state index in [9.17, 15) is 9.18 Å². The Morgan fingerprint density at radius 3 is 2.58 bits per heavy atom. The maximum atomic E-state index is 13.5. The maximum absolute atomic E-state index is 13.5. The Morgan fingerprint density at radius 1 is 1.33 bits per heavy atom. The van der Waals surface area contributed by atoms with Crippen molar-refractivity contribution in [3.63, 3.8) is 0 Å². The molecule has 134 valence electrons. The fourth-order valence-electron chi connectivity index (χ4n) is 3.04. The lowest BCUT2D eigenvalue weighted by Crippen LogP contribution is -2.34. The third kappa shape index (κ3) is 5.02. The Bertz CT molecular complexity index is 568. The minimum Gasteiger partial charge on any atom is -0.356 e. The Morgan fingerprint density at radius 2 is 2.00 bits per heavy atom. The first-order valence-electron chi connectivity index (χ1n) is 8.61. The average Bonchev–Trinajstić information content (AvgIpc) is 2.94. The van der Waals surface area contributed by atoms with E-state index in [0.717, 1.165) is 5.56 Å². The quantitative estimate of drug-likeness (QED) is 0.828. The van der Waals surface area contributed by atoms with Gasteiger partial charge in [-0.25, -0.2) is 4.39 Å². The van der Waals surface area contributed by atoms with Gasteiger partial charge in [-0.15, -0.1) is 0 Å². The lowest BCUT2D eigenvalue weighted by atomic mass is 9.85. The SMILES string of the molecule is Cc1cc(C(CC(=O)NCCC2(C)OCCO2)C(C)C)ccc1F. The van der Waals surface area contributed by atoms with Crippen LogP contribution in [0.3, 0.4) is 0 Å². The topological polar surface area (TPSA) is 47.6 Å². The molecule has 0 aromatic heterocycles. The zero-order valence-corrected chi connectivity index (χ0v) is 15.0. The smallest absolute Gasteiger partial charge is 0.220 e. The van der Waals surface area contributed by atoms with Gasteiger partial charge in [-0.1, -0.05) is 26.0 Å². The Kier molecular flexibility index (Phi) is 6.35. The van der Waals surface area contributed by atoms with Gasteiger partial charge in [0.05, 0.1) is 13.2 Å². The fraction of sp³-hybridized carbons (Fsp3) is 0.632. The highest BCUT2D eigenvalue weighted by atomic mass is 19.1. The molecule has 4 nitrogen and oxygen atoms in total. The Hall–Kier alpha value is -1.46. The van der Waals surface area contributed by atoms with E-state index in [0.29, 0.717) is 44.1 Å². The second-order valence-corrected chi connectivity index (χ2v) is 6.99. The normalized spacial score (nSPS) is 17.9. The highest BCUT2D eigenvalue weighted by molar-refractivity contribution is 5.76. The molecule has 1 atom stereocenters. The molecule has 0 spiro atoms. The van der Waals surface area contributed by atoms with Crippen molar-refractivity contribution in [2.24, 2.45) is 5.92 Å². The average molecular weight is 337 g/mol. The molecule has 1 unspecified atom stereocenters. The second kappa shape index (κ2) is 8.08. The van der Waals surface area contributed by atoms with Gasteiger partial charge in [-0.2, -0.15) is 0 Å². The van der Waals surface area contributed by atoms with Crippen LogP contribution in [0.25, 0.3) is 0 Å². The molecule has 1 saturated heterocycles. The van der Waals surface area contributed by atoms with Gasteiger partial charge in [-0.05, 0) is 42.9 Å². The summed E-state index contributed by atoms with van der Waals surface area (Å²) in [4.78, 5) is 12.3. The molecule has 24 heavy (non-hydrogen) atoms. The molecule has 0 bridgehead atoms. The minimum atomic E-state index is -0.585. The van der Waals surface area contributed by atoms with Crippen LogP contribution in [-0.2, 0) is 14.3 Å². The number of hydrogen-bond donors (Lipinski definition) is 1. The van der Waals surface area contributed by atoms with Crippen LogP contribution >= 0.6 is 0 Å². The van der Waals surface area contributed by atoms with Crippen LogP contribution in [-0.4, -0.2) is 31.5 Å². The molecule has 1 heterocycles. The number of amides is 1. The van der Waals surface area contributed by atoms with Crippen LogP contribution in [0.4, 0.5) is 4.39 Å². The predicted molar refractivity (Wildman–Crippen MR) is 91.3 cm³/mol. The third-order valence-corrected chi connectivity index (χ3v) is 4.62. The molecule has 1 aromatic carbocycles. The van der Waals surface area contributed by atoms with Gasteiger partial charge in [0.1, 0.15) is 5.82 Å². The van der Waals surface area contributed by atoms with Crippen LogP contribution in [0.5, 0.6) is 0 Å². The lowest BCUT2D eigenvalue weighted by molar-refractivity contribution is -0.146. The van der Waals surface area contributed by atoms with E-state index in [1.54, 1.807) is 13.0 Å². The monoisotopic (exact) mass is 337 g/mol. The summed E-state index contributed by atoms with van der Waals surface area (Å²) in [5.41, 5.74) is 1.62. The first kappa shape index (κ1) is 18.9. The fourth-order valence-corrected chi connectivity index (χ4v) is 3.04. The standard InChI is InChI=1S/C19H28FNO3/c1-13(2)16(15-5-6-17(20)14(3)11-15)12-18(22)21-8-7-19(4)23-9-10-24-19/h5-6,11,13,16H,7-10,12H2,1-4H3,(H,21,22). The highest BCUT2D eigenvalue weighted by Gasteiger charge is 2.30.